The van der Waals surface area contributed by atoms with Gasteiger partial charge in [0.05, 0.1) is 5.69 Å². The highest BCUT2D eigenvalue weighted by Crippen LogP contribution is 2.53. The van der Waals surface area contributed by atoms with Gasteiger partial charge in [0, 0.05) is 48.2 Å². The minimum atomic E-state index is -0.278. The van der Waals surface area contributed by atoms with Crippen LogP contribution in [0.3, 0.4) is 0 Å². The number of benzene rings is 9. The van der Waals surface area contributed by atoms with E-state index in [9.17, 15) is 0 Å². The molecule has 1 aromatic heterocycles. The molecule has 0 atom stereocenters. The highest BCUT2D eigenvalue weighted by atomic mass is 32.2. The van der Waals surface area contributed by atoms with Gasteiger partial charge in [0.2, 0.25) is 0 Å². The van der Waals surface area contributed by atoms with E-state index >= 15 is 4.39 Å². The number of nitrogens with zero attached hydrogens (tertiary/aromatic N) is 2. The Labute approximate surface area is 351 Å². The molecular formula is C54H35FN2S2. The second-order valence-electron chi connectivity index (χ2n) is 14.7. The predicted molar refractivity (Wildman–Crippen MR) is 249 cm³/mol. The smallest absolute Gasteiger partial charge is 0.125 e. The molecule has 0 spiro atoms. The number of rotatable bonds is 8. The number of fused-ring (bicyclic) bond motifs is 3. The van der Waals surface area contributed by atoms with Crippen molar-refractivity contribution in [3.63, 3.8) is 0 Å². The quantitative estimate of drug-likeness (QED) is 0.151. The van der Waals surface area contributed by atoms with Crippen LogP contribution < -0.4 is 9.80 Å². The Morgan fingerprint density at radius 2 is 1.03 bits per heavy atom. The highest BCUT2D eigenvalue weighted by molar-refractivity contribution is 7.99. The summed E-state index contributed by atoms with van der Waals surface area (Å²) in [5.74, 6) is -0.278. The summed E-state index contributed by atoms with van der Waals surface area (Å²) in [5, 5.41) is 5.71. The SMILES string of the molecule is Fc1cc(-c2cccc3ccccc23)cc(N(c2ccccc2)c2ccc3c4c(cccc24)Sc2cc(-c4ccc(N(c5ccccc5)c5ccccc5)s4)ccc2-3)c1. The van der Waals surface area contributed by atoms with Gasteiger partial charge in [0.15, 0.2) is 0 Å². The minimum Gasteiger partial charge on any atom is -0.310 e. The van der Waals surface area contributed by atoms with Crippen molar-refractivity contribution >= 4 is 78.1 Å². The lowest BCUT2D eigenvalue weighted by atomic mass is 9.94. The molecule has 0 aliphatic carbocycles. The second-order valence-corrected chi connectivity index (χ2v) is 16.8. The van der Waals surface area contributed by atoms with Gasteiger partial charge in [-0.25, -0.2) is 4.39 Å². The van der Waals surface area contributed by atoms with Crippen LogP contribution in [-0.2, 0) is 0 Å². The van der Waals surface area contributed by atoms with E-state index in [2.05, 4.69) is 174 Å². The number of anilines is 6. The van der Waals surface area contributed by atoms with E-state index in [-0.39, 0.29) is 5.82 Å². The zero-order chi connectivity index (χ0) is 39.3. The summed E-state index contributed by atoms with van der Waals surface area (Å²) in [6, 6.07) is 73.7. The van der Waals surface area contributed by atoms with Crippen LogP contribution in [0, 0.1) is 5.82 Å². The second kappa shape index (κ2) is 14.8. The lowest BCUT2D eigenvalue weighted by Gasteiger charge is -2.29. The first-order valence-corrected chi connectivity index (χ1v) is 21.3. The van der Waals surface area contributed by atoms with Crippen molar-refractivity contribution in [3.05, 3.63) is 218 Å². The molecule has 1 aliphatic heterocycles. The van der Waals surface area contributed by atoms with Gasteiger partial charge in [-0.1, -0.05) is 139 Å². The molecular weight excluding hydrogens is 760 g/mol. The van der Waals surface area contributed by atoms with Gasteiger partial charge >= 0.3 is 0 Å². The molecule has 0 fully saturated rings. The summed E-state index contributed by atoms with van der Waals surface area (Å²) < 4.78 is 15.9. The molecule has 0 radical (unpaired) electrons. The number of halogens is 1. The van der Waals surface area contributed by atoms with E-state index in [0.29, 0.717) is 0 Å². The first kappa shape index (κ1) is 35.3. The third-order valence-electron chi connectivity index (χ3n) is 11.1. The van der Waals surface area contributed by atoms with E-state index in [0.717, 1.165) is 60.7 Å². The topological polar surface area (TPSA) is 6.48 Å². The van der Waals surface area contributed by atoms with Crippen LogP contribution in [0.25, 0.3) is 54.2 Å². The van der Waals surface area contributed by atoms with E-state index < -0.39 is 0 Å². The molecule has 10 aromatic rings. The predicted octanol–water partition coefficient (Wildman–Crippen LogP) is 16.6. The van der Waals surface area contributed by atoms with Crippen molar-refractivity contribution in [2.75, 3.05) is 9.80 Å². The fourth-order valence-corrected chi connectivity index (χ4v) is 10.7. The van der Waals surface area contributed by atoms with Gasteiger partial charge in [-0.15, -0.1) is 11.3 Å². The zero-order valence-electron chi connectivity index (χ0n) is 31.8. The Bertz CT molecular complexity index is 3120. The van der Waals surface area contributed by atoms with Crippen LogP contribution in [0.2, 0.25) is 0 Å². The molecule has 11 rings (SSSR count). The van der Waals surface area contributed by atoms with Crippen LogP contribution in [0.1, 0.15) is 0 Å². The summed E-state index contributed by atoms with van der Waals surface area (Å²) in [6.07, 6.45) is 0. The van der Waals surface area contributed by atoms with Crippen molar-refractivity contribution in [1.82, 2.24) is 0 Å². The normalized spacial score (nSPS) is 11.7. The van der Waals surface area contributed by atoms with Crippen molar-refractivity contribution in [1.29, 1.82) is 0 Å². The molecule has 9 aromatic carbocycles. The van der Waals surface area contributed by atoms with Gasteiger partial charge in [-0.3, -0.25) is 0 Å². The maximum absolute atomic E-state index is 15.9. The largest absolute Gasteiger partial charge is 0.310 e. The summed E-state index contributed by atoms with van der Waals surface area (Å²) in [4.78, 5) is 8.18. The van der Waals surface area contributed by atoms with Crippen LogP contribution >= 0.6 is 23.1 Å². The number of hydrogen-bond donors (Lipinski definition) is 0. The molecule has 0 saturated heterocycles. The van der Waals surface area contributed by atoms with Gasteiger partial charge in [0.1, 0.15) is 10.8 Å². The molecule has 0 amide bonds. The Hall–Kier alpha value is -6.92. The third kappa shape index (κ3) is 6.36. The molecule has 2 heterocycles. The summed E-state index contributed by atoms with van der Waals surface area (Å²) >= 11 is 3.62. The molecule has 0 bridgehead atoms. The first-order chi connectivity index (χ1) is 29.2. The van der Waals surface area contributed by atoms with Crippen molar-refractivity contribution in [2.24, 2.45) is 0 Å². The number of hydrogen-bond acceptors (Lipinski definition) is 4. The molecule has 0 N–H and O–H groups in total. The van der Waals surface area contributed by atoms with Crippen molar-refractivity contribution < 1.29 is 4.39 Å². The molecule has 2 nitrogen and oxygen atoms in total. The average molecular weight is 795 g/mol. The lowest BCUT2D eigenvalue weighted by Crippen LogP contribution is -2.11. The molecule has 59 heavy (non-hydrogen) atoms. The summed E-state index contributed by atoms with van der Waals surface area (Å²) in [6.45, 7) is 0. The third-order valence-corrected chi connectivity index (χ3v) is 13.3. The average Bonchev–Trinajstić information content (AvgIpc) is 3.77. The van der Waals surface area contributed by atoms with Gasteiger partial charge in [-0.05, 0) is 124 Å². The molecule has 1 aliphatic rings. The Morgan fingerprint density at radius 3 is 1.80 bits per heavy atom. The van der Waals surface area contributed by atoms with Gasteiger partial charge < -0.3 is 9.80 Å². The standard InChI is InChI=1S/C54H35FN2S2/c55-39-32-38(45-23-12-15-36-14-10-11-22-44(36)45)33-43(35-39)56(40-16-4-1-5-17-40)49-29-28-47-46-27-26-37(34-52(46)58-51-25-13-24-48(49)54(47)51)50-30-31-53(59-50)57(41-18-6-2-7-19-41)42-20-8-3-9-21-42/h1-35H. The Kier molecular flexibility index (Phi) is 8.84. The molecule has 280 valence electrons. The maximum atomic E-state index is 15.9. The summed E-state index contributed by atoms with van der Waals surface area (Å²) in [7, 11) is 0. The minimum absolute atomic E-state index is 0.278. The number of para-hydroxylation sites is 3. The Balaban J connectivity index is 1.00. The van der Waals surface area contributed by atoms with Crippen LogP contribution in [0.5, 0.6) is 0 Å². The fraction of sp³-hybridized carbons (Fsp3) is 0. The van der Waals surface area contributed by atoms with E-state index in [1.165, 1.54) is 36.7 Å². The van der Waals surface area contributed by atoms with Gasteiger partial charge in [-0.2, -0.15) is 0 Å². The van der Waals surface area contributed by atoms with E-state index in [4.69, 9.17) is 0 Å². The molecule has 5 heteroatoms. The Morgan fingerprint density at radius 1 is 0.390 bits per heavy atom. The highest BCUT2D eigenvalue weighted by Gasteiger charge is 2.25. The number of thiophene rings is 1. The maximum Gasteiger partial charge on any atom is 0.125 e. The van der Waals surface area contributed by atoms with E-state index in [1.54, 1.807) is 23.5 Å². The monoisotopic (exact) mass is 794 g/mol. The van der Waals surface area contributed by atoms with Crippen LogP contribution in [0.15, 0.2) is 222 Å². The van der Waals surface area contributed by atoms with Crippen LogP contribution in [-0.4, -0.2) is 0 Å². The van der Waals surface area contributed by atoms with Gasteiger partial charge in [0.25, 0.3) is 0 Å². The lowest BCUT2D eigenvalue weighted by molar-refractivity contribution is 0.628. The van der Waals surface area contributed by atoms with Crippen LogP contribution in [0.4, 0.5) is 37.8 Å². The molecule has 0 saturated carbocycles. The fourth-order valence-electron chi connectivity index (χ4n) is 8.46. The van der Waals surface area contributed by atoms with E-state index in [1.807, 2.05) is 48.2 Å². The van der Waals surface area contributed by atoms with Crippen molar-refractivity contribution in [3.8, 4) is 32.7 Å². The zero-order valence-corrected chi connectivity index (χ0v) is 33.4. The summed E-state index contributed by atoms with van der Waals surface area (Å²) in [5.41, 5.74) is 10.5. The first-order valence-electron chi connectivity index (χ1n) is 19.7. The molecule has 0 unspecified atom stereocenters. The van der Waals surface area contributed by atoms with Crippen molar-refractivity contribution in [2.45, 2.75) is 9.79 Å².